The number of carbonyl (C=O) groups is 4. The van der Waals surface area contributed by atoms with Crippen LogP contribution < -0.4 is 5.32 Å². The van der Waals surface area contributed by atoms with Gasteiger partial charge in [0, 0.05) is 36.2 Å². The van der Waals surface area contributed by atoms with Crippen molar-refractivity contribution in [3.63, 3.8) is 0 Å². The summed E-state index contributed by atoms with van der Waals surface area (Å²) in [4.78, 5) is 48.2. The summed E-state index contributed by atoms with van der Waals surface area (Å²) >= 11 is 1.61. The van der Waals surface area contributed by atoms with Crippen molar-refractivity contribution >= 4 is 35.2 Å². The summed E-state index contributed by atoms with van der Waals surface area (Å²) in [5.41, 5.74) is 0.931. The second-order valence-corrected chi connectivity index (χ2v) is 11.7. The third kappa shape index (κ3) is 3.77. The van der Waals surface area contributed by atoms with Crippen molar-refractivity contribution in [3.8, 4) is 0 Å². The Morgan fingerprint density at radius 1 is 1.16 bits per heavy atom. The monoisotopic (exact) mass is 447 g/mol. The van der Waals surface area contributed by atoms with Crippen molar-refractivity contribution in [1.29, 1.82) is 0 Å². The highest BCUT2D eigenvalue weighted by Gasteiger charge is 2.61. The van der Waals surface area contributed by atoms with Crippen LogP contribution >= 0.6 is 11.8 Å². The molecule has 4 aliphatic rings. The number of carboxylic acids is 1. The highest BCUT2D eigenvalue weighted by atomic mass is 32.2. The molecule has 0 aromatic rings. The van der Waals surface area contributed by atoms with Gasteiger partial charge < -0.3 is 10.4 Å². The van der Waals surface area contributed by atoms with Crippen LogP contribution in [0.4, 0.5) is 0 Å². The molecule has 1 amide bonds. The fourth-order valence-corrected chi connectivity index (χ4v) is 8.65. The summed E-state index contributed by atoms with van der Waals surface area (Å²) in [7, 11) is 0. The fraction of sp³-hybridized carbons (Fsp3) is 0.750. The number of hydrogen-bond acceptors (Lipinski definition) is 5. The minimum atomic E-state index is -1.03. The number of allylic oxidation sites excluding steroid dienone is 1. The quantitative estimate of drug-likeness (QED) is 0.670. The first-order valence-corrected chi connectivity index (χ1v) is 12.5. The van der Waals surface area contributed by atoms with E-state index < -0.39 is 12.0 Å². The summed E-state index contributed by atoms with van der Waals surface area (Å²) in [5, 5.41) is 12.2. The molecule has 7 heteroatoms. The van der Waals surface area contributed by atoms with Crippen molar-refractivity contribution in [3.05, 3.63) is 11.6 Å². The number of nitrogens with one attached hydrogen (secondary N) is 1. The smallest absolute Gasteiger partial charge is 0.327 e. The molecule has 0 aromatic heterocycles. The van der Waals surface area contributed by atoms with E-state index >= 15 is 0 Å². The maximum atomic E-state index is 12.8. The minimum absolute atomic E-state index is 0.00750. The van der Waals surface area contributed by atoms with Gasteiger partial charge in [-0.05, 0) is 61.3 Å². The Balaban J connectivity index is 1.65. The number of ketones is 2. The number of aliphatic carboxylic acids is 1. The minimum Gasteiger partial charge on any atom is -0.480 e. The van der Waals surface area contributed by atoms with E-state index in [1.54, 1.807) is 11.8 Å². The molecule has 3 fully saturated rings. The van der Waals surface area contributed by atoms with E-state index in [-0.39, 0.29) is 33.5 Å². The van der Waals surface area contributed by atoms with Gasteiger partial charge in [0.05, 0.1) is 0 Å². The number of carboxylic acid groups (broad SMARTS) is 1. The number of rotatable bonds is 5. The van der Waals surface area contributed by atoms with Crippen LogP contribution in [0.1, 0.15) is 65.7 Å². The first-order chi connectivity index (χ1) is 14.6. The zero-order valence-electron chi connectivity index (χ0n) is 18.6. The van der Waals surface area contributed by atoms with Crippen LogP contribution in [0.3, 0.4) is 0 Å². The predicted octanol–water partition coefficient (Wildman–Crippen LogP) is 3.39. The third-order valence-corrected chi connectivity index (χ3v) is 10.3. The zero-order valence-corrected chi connectivity index (χ0v) is 19.4. The van der Waals surface area contributed by atoms with Gasteiger partial charge in [0.25, 0.3) is 0 Å². The number of carbonyl (C=O) groups excluding carboxylic acids is 3. The Hall–Kier alpha value is -1.63. The van der Waals surface area contributed by atoms with E-state index in [0.29, 0.717) is 36.4 Å². The van der Waals surface area contributed by atoms with E-state index in [1.807, 2.05) is 6.08 Å². The summed E-state index contributed by atoms with van der Waals surface area (Å²) in [5.74, 6) is 0.531. The molecule has 0 aromatic carbocycles. The molecule has 0 spiro atoms. The van der Waals surface area contributed by atoms with E-state index in [4.69, 9.17) is 0 Å². The Kier molecular flexibility index (Phi) is 5.86. The Bertz CT molecular complexity index is 853. The molecule has 0 saturated heterocycles. The molecule has 0 unspecified atom stereocenters. The summed E-state index contributed by atoms with van der Waals surface area (Å²) in [6.07, 6.45) is 7.53. The van der Waals surface area contributed by atoms with Gasteiger partial charge in [0.15, 0.2) is 5.78 Å². The van der Waals surface area contributed by atoms with Gasteiger partial charge >= 0.3 is 5.97 Å². The molecule has 0 radical (unpaired) electrons. The lowest BCUT2D eigenvalue weighted by Gasteiger charge is -2.59. The molecule has 2 N–H and O–H groups in total. The molecule has 0 heterocycles. The van der Waals surface area contributed by atoms with Crippen LogP contribution in [-0.2, 0) is 19.2 Å². The molecular formula is C24H33NO5S. The van der Waals surface area contributed by atoms with Crippen LogP contribution in [0.2, 0.25) is 0 Å². The van der Waals surface area contributed by atoms with Gasteiger partial charge in [-0.3, -0.25) is 14.4 Å². The van der Waals surface area contributed by atoms with Gasteiger partial charge in [-0.2, -0.15) is 11.8 Å². The molecule has 0 aliphatic heterocycles. The summed E-state index contributed by atoms with van der Waals surface area (Å²) < 4.78 is 0. The van der Waals surface area contributed by atoms with Crippen LogP contribution in [0.25, 0.3) is 0 Å². The molecule has 170 valence electrons. The first kappa shape index (κ1) is 22.6. The number of Topliss-reactive ketones (excluding diaryl/α,β-unsaturated/α-hetero) is 1. The van der Waals surface area contributed by atoms with Gasteiger partial charge in [0.2, 0.25) is 5.91 Å². The van der Waals surface area contributed by atoms with E-state index in [2.05, 4.69) is 19.2 Å². The Morgan fingerprint density at radius 2 is 1.87 bits per heavy atom. The second-order valence-electron chi connectivity index (χ2n) is 10.4. The van der Waals surface area contributed by atoms with Crippen molar-refractivity contribution < 1.29 is 24.3 Å². The van der Waals surface area contributed by atoms with Crippen LogP contribution in [0, 0.1) is 28.6 Å². The standard InChI is InChI=1S/C24H33NO5S/c1-13(26)25-18(22(29)30)12-31-19-11-14-10-15(27)6-8-23(14,2)17-7-9-24(3)16(21(17)19)4-5-20(24)28/h10,16-19,21H,4-9,11-12H2,1-3H3,(H,25,26)(H,29,30)/t16-,17-,18-,19+,21-,23-,24-/m0/s1. The van der Waals surface area contributed by atoms with Crippen LogP contribution in [0.5, 0.6) is 0 Å². The van der Waals surface area contributed by atoms with Crippen molar-refractivity contribution in [2.24, 2.45) is 28.6 Å². The van der Waals surface area contributed by atoms with Crippen LogP contribution in [0.15, 0.2) is 11.6 Å². The highest BCUT2D eigenvalue weighted by molar-refractivity contribution is 8.00. The largest absolute Gasteiger partial charge is 0.480 e. The number of thioether (sulfide) groups is 1. The van der Waals surface area contributed by atoms with Gasteiger partial charge in [-0.15, -0.1) is 0 Å². The topological polar surface area (TPSA) is 101 Å². The molecule has 3 saturated carbocycles. The summed E-state index contributed by atoms with van der Waals surface area (Å²) in [6, 6.07) is -0.934. The molecular weight excluding hydrogens is 414 g/mol. The molecule has 31 heavy (non-hydrogen) atoms. The Morgan fingerprint density at radius 3 is 2.55 bits per heavy atom. The zero-order chi connectivity index (χ0) is 22.6. The number of hydrogen-bond donors (Lipinski definition) is 2. The fourth-order valence-electron chi connectivity index (χ4n) is 7.08. The molecule has 6 nitrogen and oxygen atoms in total. The maximum Gasteiger partial charge on any atom is 0.327 e. The lowest BCUT2D eigenvalue weighted by molar-refractivity contribution is -0.140. The lowest BCUT2D eigenvalue weighted by atomic mass is 9.47. The third-order valence-electron chi connectivity index (χ3n) is 8.82. The molecule has 0 bridgehead atoms. The van der Waals surface area contributed by atoms with E-state index in [0.717, 1.165) is 32.1 Å². The predicted molar refractivity (Wildman–Crippen MR) is 119 cm³/mol. The lowest BCUT2D eigenvalue weighted by Crippen LogP contribution is -2.55. The van der Waals surface area contributed by atoms with Crippen molar-refractivity contribution in [2.75, 3.05) is 5.75 Å². The first-order valence-electron chi connectivity index (χ1n) is 11.4. The number of fused-ring (bicyclic) bond motifs is 5. The molecule has 7 atom stereocenters. The Labute approximate surface area is 188 Å². The normalized spacial score (nSPS) is 40.3. The SMILES string of the molecule is CC(=O)N[C@@H](CS[C@@H]1CC2=CC(=O)CC[C@]2(C)[C@H]2CC[C@]3(C)C(=O)CC[C@H]3[C@H]12)C(=O)O. The molecule has 4 aliphatic carbocycles. The van der Waals surface area contributed by atoms with Crippen molar-refractivity contribution in [2.45, 2.75) is 77.0 Å². The van der Waals surface area contributed by atoms with Crippen molar-refractivity contribution in [1.82, 2.24) is 5.32 Å². The van der Waals surface area contributed by atoms with E-state index in [9.17, 15) is 24.3 Å². The van der Waals surface area contributed by atoms with Gasteiger partial charge in [-0.1, -0.05) is 19.4 Å². The van der Waals surface area contributed by atoms with Crippen LogP contribution in [-0.4, -0.2) is 45.6 Å². The number of amides is 1. The van der Waals surface area contributed by atoms with E-state index in [1.165, 1.54) is 12.5 Å². The molecule has 4 rings (SSSR count). The maximum absolute atomic E-state index is 12.8. The average Bonchev–Trinajstić information content (AvgIpc) is 3.00. The highest BCUT2D eigenvalue weighted by Crippen LogP contribution is 2.65. The second kappa shape index (κ2) is 8.05. The summed E-state index contributed by atoms with van der Waals surface area (Å²) in [6.45, 7) is 5.78. The average molecular weight is 448 g/mol. The van der Waals surface area contributed by atoms with Gasteiger partial charge in [0.1, 0.15) is 11.8 Å². The van der Waals surface area contributed by atoms with Gasteiger partial charge in [-0.25, -0.2) is 4.79 Å².